The van der Waals surface area contributed by atoms with Crippen LogP contribution in [0.3, 0.4) is 0 Å². The number of likely N-dealkylation sites (tertiary alicyclic amines) is 1. The van der Waals surface area contributed by atoms with Crippen LogP contribution in [0.15, 0.2) is 0 Å². The number of carbonyl (C=O) groups is 3. The monoisotopic (exact) mass is 386 g/mol. The Bertz CT molecular complexity index is 508. The number of hydrogen-bond donors (Lipinski definition) is 0. The first-order chi connectivity index (χ1) is 12.7. The molecule has 8 heteroatoms. The van der Waals surface area contributed by atoms with Crippen LogP contribution >= 0.6 is 0 Å². The standard InChI is InChI=1S/C19H34N2O6/c1-7-21(8-2)17-11-20(10-9-13(3)25-14(4)22)12-18(26-15(5)23)19(17)27-16(6)24/h13,17-19H,7-12H2,1-6H3/t13-,17+,18-,19-/m1/s1. The topological polar surface area (TPSA) is 85.4 Å². The van der Waals surface area contributed by atoms with E-state index >= 15 is 0 Å². The Labute approximate surface area is 162 Å². The molecule has 156 valence electrons. The van der Waals surface area contributed by atoms with E-state index in [9.17, 15) is 14.4 Å². The first-order valence-corrected chi connectivity index (χ1v) is 9.65. The number of rotatable bonds is 9. The lowest BCUT2D eigenvalue weighted by Crippen LogP contribution is -2.63. The van der Waals surface area contributed by atoms with Crippen molar-refractivity contribution < 1.29 is 28.6 Å². The average Bonchev–Trinajstić information content (AvgIpc) is 2.55. The van der Waals surface area contributed by atoms with Crippen molar-refractivity contribution in [3.05, 3.63) is 0 Å². The molecule has 0 bridgehead atoms. The van der Waals surface area contributed by atoms with Gasteiger partial charge in [-0.05, 0) is 26.4 Å². The van der Waals surface area contributed by atoms with Gasteiger partial charge in [-0.2, -0.15) is 0 Å². The van der Waals surface area contributed by atoms with Gasteiger partial charge in [-0.15, -0.1) is 0 Å². The normalized spacial score (nSPS) is 24.3. The number of carbonyl (C=O) groups excluding carboxylic acids is 3. The van der Waals surface area contributed by atoms with Gasteiger partial charge in [0.1, 0.15) is 6.10 Å². The number of ether oxygens (including phenoxy) is 3. The Balaban J connectivity index is 2.94. The summed E-state index contributed by atoms with van der Waals surface area (Å²) < 4.78 is 16.3. The zero-order valence-electron chi connectivity index (χ0n) is 17.4. The Morgan fingerprint density at radius 3 is 2.07 bits per heavy atom. The van der Waals surface area contributed by atoms with Crippen molar-refractivity contribution in [3.8, 4) is 0 Å². The molecule has 0 aromatic carbocycles. The minimum absolute atomic E-state index is 0.0777. The molecule has 8 nitrogen and oxygen atoms in total. The lowest BCUT2D eigenvalue weighted by molar-refractivity contribution is -0.180. The van der Waals surface area contributed by atoms with Crippen molar-refractivity contribution >= 4 is 17.9 Å². The molecule has 0 aliphatic carbocycles. The Morgan fingerprint density at radius 1 is 1.00 bits per heavy atom. The van der Waals surface area contributed by atoms with Crippen molar-refractivity contribution in [3.63, 3.8) is 0 Å². The average molecular weight is 386 g/mol. The highest BCUT2D eigenvalue weighted by Gasteiger charge is 2.43. The van der Waals surface area contributed by atoms with Gasteiger partial charge in [0.25, 0.3) is 0 Å². The second-order valence-electron chi connectivity index (χ2n) is 6.98. The molecule has 4 atom stereocenters. The van der Waals surface area contributed by atoms with Gasteiger partial charge >= 0.3 is 17.9 Å². The summed E-state index contributed by atoms with van der Waals surface area (Å²) in [7, 11) is 0. The molecule has 1 heterocycles. The summed E-state index contributed by atoms with van der Waals surface area (Å²) in [5.41, 5.74) is 0. The van der Waals surface area contributed by atoms with Gasteiger partial charge in [0, 0.05) is 40.4 Å². The molecule has 0 radical (unpaired) electrons. The molecule has 0 spiro atoms. The van der Waals surface area contributed by atoms with Crippen molar-refractivity contribution in [1.29, 1.82) is 0 Å². The van der Waals surface area contributed by atoms with Crippen LogP contribution in [0, 0.1) is 0 Å². The van der Waals surface area contributed by atoms with E-state index in [1.165, 1.54) is 20.8 Å². The van der Waals surface area contributed by atoms with Crippen LogP contribution in [0.4, 0.5) is 0 Å². The third-order valence-electron chi connectivity index (χ3n) is 4.75. The fraction of sp³-hybridized carbons (Fsp3) is 0.842. The molecule has 0 unspecified atom stereocenters. The number of esters is 3. The Hall–Kier alpha value is -1.67. The van der Waals surface area contributed by atoms with Gasteiger partial charge in [0.15, 0.2) is 12.2 Å². The lowest BCUT2D eigenvalue weighted by Gasteiger charge is -2.46. The van der Waals surface area contributed by atoms with E-state index < -0.39 is 18.2 Å². The molecule has 0 aromatic heterocycles. The van der Waals surface area contributed by atoms with Gasteiger partial charge in [-0.1, -0.05) is 13.8 Å². The molecular formula is C19H34N2O6. The van der Waals surface area contributed by atoms with Gasteiger partial charge in [-0.25, -0.2) is 0 Å². The lowest BCUT2D eigenvalue weighted by atomic mass is 9.96. The highest BCUT2D eigenvalue weighted by atomic mass is 16.6. The molecule has 0 amide bonds. The Morgan fingerprint density at radius 2 is 1.59 bits per heavy atom. The SMILES string of the molecule is CCN(CC)[C@H]1CN(CC[C@@H](C)OC(C)=O)C[C@@H](OC(C)=O)[C@@H]1OC(C)=O. The predicted octanol–water partition coefficient (Wildman–Crippen LogP) is 1.22. The van der Waals surface area contributed by atoms with Gasteiger partial charge in [0.05, 0.1) is 6.04 Å². The fourth-order valence-electron chi connectivity index (χ4n) is 3.62. The number of nitrogens with zero attached hydrogens (tertiary/aromatic N) is 2. The van der Waals surface area contributed by atoms with Crippen LogP contribution in [0.1, 0.15) is 48.0 Å². The maximum Gasteiger partial charge on any atom is 0.303 e. The minimum Gasteiger partial charge on any atom is -0.463 e. The summed E-state index contributed by atoms with van der Waals surface area (Å²) in [4.78, 5) is 38.7. The zero-order chi connectivity index (χ0) is 20.6. The van der Waals surface area contributed by atoms with Crippen LogP contribution < -0.4 is 0 Å². The molecule has 1 fully saturated rings. The molecule has 1 rings (SSSR count). The van der Waals surface area contributed by atoms with Crippen LogP contribution in [0.5, 0.6) is 0 Å². The van der Waals surface area contributed by atoms with Gasteiger partial charge < -0.3 is 14.2 Å². The van der Waals surface area contributed by atoms with Gasteiger partial charge in [0.2, 0.25) is 0 Å². The van der Waals surface area contributed by atoms with Crippen LogP contribution in [0.2, 0.25) is 0 Å². The van der Waals surface area contributed by atoms with Crippen LogP contribution in [-0.4, -0.2) is 84.8 Å². The predicted molar refractivity (Wildman–Crippen MR) is 100 cm³/mol. The summed E-state index contributed by atoms with van der Waals surface area (Å²) in [5, 5.41) is 0. The summed E-state index contributed by atoms with van der Waals surface area (Å²) >= 11 is 0. The number of likely N-dealkylation sites (N-methyl/N-ethyl adjacent to an activating group) is 1. The van der Waals surface area contributed by atoms with Gasteiger partial charge in [-0.3, -0.25) is 24.2 Å². The van der Waals surface area contributed by atoms with E-state index in [-0.39, 0.29) is 24.1 Å². The fourth-order valence-corrected chi connectivity index (χ4v) is 3.62. The molecule has 0 aromatic rings. The van der Waals surface area contributed by atoms with Crippen molar-refractivity contribution in [1.82, 2.24) is 9.80 Å². The summed E-state index contributed by atoms with van der Waals surface area (Å²) in [5.74, 6) is -1.08. The summed E-state index contributed by atoms with van der Waals surface area (Å²) in [6.45, 7) is 13.5. The molecular weight excluding hydrogens is 352 g/mol. The number of hydrogen-bond acceptors (Lipinski definition) is 8. The summed E-state index contributed by atoms with van der Waals surface area (Å²) in [6.07, 6.45) is -0.550. The third kappa shape index (κ3) is 7.84. The molecule has 27 heavy (non-hydrogen) atoms. The number of piperidine rings is 1. The van der Waals surface area contributed by atoms with Crippen molar-refractivity contribution in [2.45, 2.75) is 72.3 Å². The van der Waals surface area contributed by atoms with Crippen molar-refractivity contribution in [2.75, 3.05) is 32.7 Å². The van der Waals surface area contributed by atoms with Crippen LogP contribution in [-0.2, 0) is 28.6 Å². The van der Waals surface area contributed by atoms with Crippen LogP contribution in [0.25, 0.3) is 0 Å². The smallest absolute Gasteiger partial charge is 0.303 e. The molecule has 1 aliphatic heterocycles. The van der Waals surface area contributed by atoms with E-state index in [0.29, 0.717) is 26.1 Å². The third-order valence-corrected chi connectivity index (χ3v) is 4.75. The molecule has 1 aliphatic rings. The van der Waals surface area contributed by atoms with E-state index in [4.69, 9.17) is 14.2 Å². The minimum atomic E-state index is -0.533. The first kappa shape index (κ1) is 23.4. The van der Waals surface area contributed by atoms with E-state index in [0.717, 1.165) is 13.1 Å². The van der Waals surface area contributed by atoms with E-state index in [1.54, 1.807) is 0 Å². The molecule has 1 saturated heterocycles. The second-order valence-corrected chi connectivity index (χ2v) is 6.98. The maximum atomic E-state index is 11.6. The zero-order valence-corrected chi connectivity index (χ0v) is 17.4. The molecule has 0 N–H and O–H groups in total. The quantitative estimate of drug-likeness (QED) is 0.432. The first-order valence-electron chi connectivity index (χ1n) is 9.65. The van der Waals surface area contributed by atoms with E-state index in [2.05, 4.69) is 23.6 Å². The molecule has 0 saturated carbocycles. The largest absolute Gasteiger partial charge is 0.463 e. The highest BCUT2D eigenvalue weighted by molar-refractivity contribution is 5.67. The van der Waals surface area contributed by atoms with E-state index in [1.807, 2.05) is 6.92 Å². The second kappa shape index (κ2) is 11.2. The van der Waals surface area contributed by atoms with Crippen molar-refractivity contribution in [2.24, 2.45) is 0 Å². The maximum absolute atomic E-state index is 11.6. The Kier molecular flexibility index (Phi) is 9.73. The highest BCUT2D eigenvalue weighted by Crippen LogP contribution is 2.23. The summed E-state index contributed by atoms with van der Waals surface area (Å²) in [6, 6.07) is -0.0777.